The second-order valence-corrected chi connectivity index (χ2v) is 6.66. The van der Waals surface area contributed by atoms with E-state index in [0.29, 0.717) is 10.6 Å². The van der Waals surface area contributed by atoms with E-state index < -0.39 is 0 Å². The first kappa shape index (κ1) is 14.2. The van der Waals surface area contributed by atoms with E-state index in [1.807, 2.05) is 6.07 Å². The van der Waals surface area contributed by atoms with E-state index in [1.165, 1.54) is 0 Å². The van der Waals surface area contributed by atoms with Crippen molar-refractivity contribution in [1.82, 2.24) is 0 Å². The number of nitrogens with zero attached hydrogens (tertiary/aromatic N) is 2. The minimum atomic E-state index is -0.223. The zero-order chi connectivity index (χ0) is 14.3. The number of rotatable bonds is 1. The maximum absolute atomic E-state index is 8.89. The Kier molecular flexibility index (Phi) is 3.51. The minimum absolute atomic E-state index is 0.223. The monoisotopic (exact) mass is 278 g/mol. The summed E-state index contributed by atoms with van der Waals surface area (Å²) >= 11 is 6.29. The molecule has 4 heteroatoms. The van der Waals surface area contributed by atoms with Gasteiger partial charge in [0, 0.05) is 13.1 Å². The fourth-order valence-electron chi connectivity index (χ4n) is 2.79. The van der Waals surface area contributed by atoms with Gasteiger partial charge in [-0.1, -0.05) is 11.6 Å². The van der Waals surface area contributed by atoms with Crippen molar-refractivity contribution in [3.8, 4) is 6.07 Å². The number of anilines is 1. The third-order valence-corrected chi connectivity index (χ3v) is 3.42. The van der Waals surface area contributed by atoms with Gasteiger partial charge in [-0.05, 0) is 45.9 Å². The van der Waals surface area contributed by atoms with Gasteiger partial charge in [-0.2, -0.15) is 5.26 Å². The minimum Gasteiger partial charge on any atom is -0.366 e. The predicted molar refractivity (Wildman–Crippen MR) is 77.6 cm³/mol. The standard InChI is InChI=1S/C15H19ClN2O/c1-14(2)9-18(10-15(3,4)19-14)13-6-5-11(8-17)7-12(13)16/h5-7H,9-10H2,1-4H3. The highest BCUT2D eigenvalue weighted by Crippen LogP contribution is 2.35. The van der Waals surface area contributed by atoms with Gasteiger partial charge in [0.2, 0.25) is 0 Å². The fraction of sp³-hybridized carbons (Fsp3) is 0.533. The van der Waals surface area contributed by atoms with Gasteiger partial charge in [0.05, 0.1) is 33.5 Å². The average Bonchev–Trinajstić information content (AvgIpc) is 2.24. The second-order valence-electron chi connectivity index (χ2n) is 6.26. The van der Waals surface area contributed by atoms with Crippen LogP contribution in [0.1, 0.15) is 33.3 Å². The smallest absolute Gasteiger partial charge is 0.0992 e. The van der Waals surface area contributed by atoms with Crippen molar-refractivity contribution in [2.45, 2.75) is 38.9 Å². The summed E-state index contributed by atoms with van der Waals surface area (Å²) in [4.78, 5) is 2.23. The molecule has 1 fully saturated rings. The molecule has 1 aliphatic rings. The highest BCUT2D eigenvalue weighted by molar-refractivity contribution is 6.33. The molecule has 1 aromatic carbocycles. The highest BCUT2D eigenvalue weighted by Gasteiger charge is 2.38. The summed E-state index contributed by atoms with van der Waals surface area (Å²) < 4.78 is 6.06. The lowest BCUT2D eigenvalue weighted by Gasteiger charge is -2.48. The first-order valence-electron chi connectivity index (χ1n) is 6.37. The first-order valence-corrected chi connectivity index (χ1v) is 6.75. The molecule has 0 spiro atoms. The maximum atomic E-state index is 8.89. The number of nitriles is 1. The number of benzene rings is 1. The highest BCUT2D eigenvalue weighted by atomic mass is 35.5. The molecule has 0 bridgehead atoms. The van der Waals surface area contributed by atoms with Gasteiger partial charge < -0.3 is 9.64 Å². The average molecular weight is 279 g/mol. The van der Waals surface area contributed by atoms with Crippen LogP contribution in [0.25, 0.3) is 0 Å². The van der Waals surface area contributed by atoms with E-state index in [9.17, 15) is 0 Å². The van der Waals surface area contributed by atoms with E-state index >= 15 is 0 Å². The molecule has 1 aromatic rings. The van der Waals surface area contributed by atoms with Gasteiger partial charge in [0.15, 0.2) is 0 Å². The number of hydrogen-bond donors (Lipinski definition) is 0. The molecule has 102 valence electrons. The molecule has 3 nitrogen and oxygen atoms in total. The van der Waals surface area contributed by atoms with Crippen molar-refractivity contribution in [3.05, 3.63) is 28.8 Å². The summed E-state index contributed by atoms with van der Waals surface area (Å²) in [5.74, 6) is 0. The van der Waals surface area contributed by atoms with Crippen molar-refractivity contribution in [2.24, 2.45) is 0 Å². The van der Waals surface area contributed by atoms with Gasteiger partial charge in [-0.3, -0.25) is 0 Å². The second kappa shape index (κ2) is 4.70. The van der Waals surface area contributed by atoms with Crippen LogP contribution in [0.5, 0.6) is 0 Å². The predicted octanol–water partition coefficient (Wildman–Crippen LogP) is 3.61. The number of morpholine rings is 1. The number of halogens is 1. The number of ether oxygens (including phenoxy) is 1. The summed E-state index contributed by atoms with van der Waals surface area (Å²) in [5.41, 5.74) is 1.10. The quantitative estimate of drug-likeness (QED) is 0.787. The third-order valence-electron chi connectivity index (χ3n) is 3.11. The van der Waals surface area contributed by atoms with E-state index in [-0.39, 0.29) is 11.2 Å². The Morgan fingerprint density at radius 2 is 1.79 bits per heavy atom. The molecule has 0 aliphatic carbocycles. The molecule has 0 aromatic heterocycles. The molecule has 1 saturated heterocycles. The third kappa shape index (κ3) is 3.20. The van der Waals surface area contributed by atoms with Crippen LogP contribution in [-0.2, 0) is 4.74 Å². The molecule has 0 unspecified atom stereocenters. The molecule has 0 atom stereocenters. The SMILES string of the molecule is CC1(C)CN(c2ccc(C#N)cc2Cl)CC(C)(C)O1. The zero-order valence-corrected chi connectivity index (χ0v) is 12.6. The number of hydrogen-bond acceptors (Lipinski definition) is 3. The molecule has 2 rings (SSSR count). The fourth-order valence-corrected chi connectivity index (χ4v) is 3.09. The van der Waals surface area contributed by atoms with Gasteiger partial charge in [0.1, 0.15) is 0 Å². The molecule has 0 N–H and O–H groups in total. The molecule has 19 heavy (non-hydrogen) atoms. The van der Waals surface area contributed by atoms with E-state index in [0.717, 1.165) is 18.8 Å². The maximum Gasteiger partial charge on any atom is 0.0992 e. The Labute approximate surface area is 119 Å². The normalized spacial score (nSPS) is 20.9. The van der Waals surface area contributed by atoms with Crippen LogP contribution in [-0.4, -0.2) is 24.3 Å². The van der Waals surface area contributed by atoms with Gasteiger partial charge in [-0.15, -0.1) is 0 Å². The molecule has 0 radical (unpaired) electrons. The van der Waals surface area contributed by atoms with Crippen molar-refractivity contribution in [3.63, 3.8) is 0 Å². The van der Waals surface area contributed by atoms with Crippen LogP contribution < -0.4 is 4.90 Å². The van der Waals surface area contributed by atoms with Gasteiger partial charge in [0.25, 0.3) is 0 Å². The topological polar surface area (TPSA) is 36.3 Å². The Balaban J connectivity index is 2.34. The lowest BCUT2D eigenvalue weighted by atomic mass is 9.98. The van der Waals surface area contributed by atoms with E-state index in [1.54, 1.807) is 12.1 Å². The van der Waals surface area contributed by atoms with Crippen LogP contribution in [0.15, 0.2) is 18.2 Å². The Bertz CT molecular complexity index is 515. The summed E-state index contributed by atoms with van der Waals surface area (Å²) in [6.07, 6.45) is 0. The molecule has 0 saturated carbocycles. The van der Waals surface area contributed by atoms with Crippen LogP contribution in [0.2, 0.25) is 5.02 Å². The van der Waals surface area contributed by atoms with Crippen molar-refractivity contribution >= 4 is 17.3 Å². The summed E-state index contributed by atoms with van der Waals surface area (Å²) in [7, 11) is 0. The Morgan fingerprint density at radius 3 is 2.26 bits per heavy atom. The van der Waals surface area contributed by atoms with Crippen LogP contribution in [0.3, 0.4) is 0 Å². The lowest BCUT2D eigenvalue weighted by molar-refractivity contribution is -0.133. The van der Waals surface area contributed by atoms with E-state index in [4.69, 9.17) is 21.6 Å². The van der Waals surface area contributed by atoms with Crippen molar-refractivity contribution in [1.29, 1.82) is 5.26 Å². The Morgan fingerprint density at radius 1 is 1.21 bits per heavy atom. The van der Waals surface area contributed by atoms with E-state index in [2.05, 4.69) is 38.7 Å². The van der Waals surface area contributed by atoms with Crippen molar-refractivity contribution < 1.29 is 4.74 Å². The summed E-state index contributed by atoms with van der Waals surface area (Å²) in [5, 5.41) is 9.51. The first-order chi connectivity index (χ1) is 8.72. The molecule has 1 heterocycles. The molecular weight excluding hydrogens is 260 g/mol. The van der Waals surface area contributed by atoms with Crippen molar-refractivity contribution in [2.75, 3.05) is 18.0 Å². The molecular formula is C15H19ClN2O. The molecule has 1 aliphatic heterocycles. The molecule has 0 amide bonds. The zero-order valence-electron chi connectivity index (χ0n) is 11.8. The largest absolute Gasteiger partial charge is 0.366 e. The Hall–Kier alpha value is -1.24. The van der Waals surface area contributed by atoms with Crippen LogP contribution >= 0.6 is 11.6 Å². The summed E-state index contributed by atoms with van der Waals surface area (Å²) in [6, 6.07) is 7.53. The van der Waals surface area contributed by atoms with Gasteiger partial charge in [-0.25, -0.2) is 0 Å². The lowest BCUT2D eigenvalue weighted by Crippen LogP contribution is -2.57. The summed E-state index contributed by atoms with van der Waals surface area (Å²) in [6.45, 7) is 9.89. The van der Waals surface area contributed by atoms with Gasteiger partial charge >= 0.3 is 0 Å². The van der Waals surface area contributed by atoms with Crippen LogP contribution in [0, 0.1) is 11.3 Å². The van der Waals surface area contributed by atoms with Crippen LogP contribution in [0.4, 0.5) is 5.69 Å².